The second kappa shape index (κ2) is 10.5. The van der Waals surface area contributed by atoms with E-state index in [0.29, 0.717) is 13.2 Å². The van der Waals surface area contributed by atoms with Crippen molar-refractivity contribution < 1.29 is 9.47 Å². The third-order valence-corrected chi connectivity index (χ3v) is 2.69. The lowest BCUT2D eigenvalue weighted by Gasteiger charge is -2.02. The molecule has 3 heteroatoms. The van der Waals surface area contributed by atoms with Gasteiger partial charge in [0.25, 0.3) is 0 Å². The Morgan fingerprint density at radius 3 is 2.64 bits per heavy atom. The van der Waals surface area contributed by atoms with E-state index >= 15 is 0 Å². The van der Waals surface area contributed by atoms with Crippen molar-refractivity contribution in [1.29, 1.82) is 0 Å². The van der Waals surface area contributed by atoms with Crippen LogP contribution in [0.5, 0.6) is 0 Å². The molecule has 0 rings (SSSR count). The number of rotatable bonds is 9. The zero-order valence-electron chi connectivity index (χ0n) is 9.37. The van der Waals surface area contributed by atoms with Gasteiger partial charge in [-0.05, 0) is 12.8 Å². The molecule has 0 aromatic carbocycles. The quantitative estimate of drug-likeness (QED) is 0.333. The summed E-state index contributed by atoms with van der Waals surface area (Å²) < 4.78 is 10.3. The summed E-state index contributed by atoms with van der Waals surface area (Å²) >= 11 is 0. The van der Waals surface area contributed by atoms with Crippen molar-refractivity contribution in [1.82, 2.24) is 0 Å². The number of ether oxygens (including phenoxy) is 2. The van der Waals surface area contributed by atoms with Crippen molar-refractivity contribution in [3.8, 4) is 0 Å². The highest BCUT2D eigenvalue weighted by molar-refractivity contribution is 6.61. The van der Waals surface area contributed by atoms with Gasteiger partial charge in [0.1, 0.15) is 6.61 Å². The van der Waals surface area contributed by atoms with Gasteiger partial charge in [0.05, 0.1) is 21.7 Å². The standard InChI is InChI=1S/C11H22O2Si/c1-4-12-9-10-13-8-6-5-7-11-14(2)3/h4,7,11,14H,1,5-6,8-10H2,2-3H3. The largest absolute Gasteiger partial charge is 0.499 e. The highest BCUT2D eigenvalue weighted by Crippen LogP contribution is 1.93. The smallest absolute Gasteiger partial charge is 0.111 e. The van der Waals surface area contributed by atoms with Crippen LogP contribution in [-0.4, -0.2) is 28.6 Å². The van der Waals surface area contributed by atoms with Gasteiger partial charge in [-0.1, -0.05) is 25.7 Å². The first-order chi connectivity index (χ1) is 6.77. The Bertz CT molecular complexity index is 155. The van der Waals surface area contributed by atoms with Crippen molar-refractivity contribution in [3.05, 3.63) is 24.6 Å². The average molecular weight is 214 g/mol. The van der Waals surface area contributed by atoms with Crippen LogP contribution in [0.25, 0.3) is 0 Å². The molecular weight excluding hydrogens is 192 g/mol. The molecule has 0 aliphatic rings. The Labute approximate surface area is 89.2 Å². The molecule has 0 aliphatic heterocycles. The first-order valence-electron chi connectivity index (χ1n) is 5.24. The molecule has 0 bridgehead atoms. The SMILES string of the molecule is C=COCCOCCCC=C[SiH](C)C. The normalized spacial score (nSPS) is 11.1. The van der Waals surface area contributed by atoms with Crippen LogP contribution in [0.4, 0.5) is 0 Å². The van der Waals surface area contributed by atoms with Crippen LogP contribution in [0.15, 0.2) is 24.6 Å². The summed E-state index contributed by atoms with van der Waals surface area (Å²) in [7, 11) is -0.497. The van der Waals surface area contributed by atoms with Gasteiger partial charge in [0, 0.05) is 6.61 Å². The molecule has 0 N–H and O–H groups in total. The van der Waals surface area contributed by atoms with E-state index in [9.17, 15) is 0 Å². The predicted octanol–water partition coefficient (Wildman–Crippen LogP) is 2.53. The summed E-state index contributed by atoms with van der Waals surface area (Å²) in [6.45, 7) is 10.2. The van der Waals surface area contributed by atoms with Gasteiger partial charge in [-0.25, -0.2) is 0 Å². The molecule has 0 amide bonds. The first kappa shape index (κ1) is 13.5. The zero-order chi connectivity index (χ0) is 10.6. The topological polar surface area (TPSA) is 18.5 Å². The molecule has 0 atom stereocenters. The molecule has 0 aromatic rings. The molecule has 0 fully saturated rings. The fourth-order valence-electron chi connectivity index (χ4n) is 0.964. The van der Waals surface area contributed by atoms with Gasteiger partial charge >= 0.3 is 0 Å². The van der Waals surface area contributed by atoms with Gasteiger partial charge in [-0.15, -0.1) is 5.70 Å². The summed E-state index contributed by atoms with van der Waals surface area (Å²) in [5.74, 6) is 0. The minimum Gasteiger partial charge on any atom is -0.499 e. The molecular formula is C11H22O2Si. The number of hydrogen-bond acceptors (Lipinski definition) is 2. The second-order valence-electron chi connectivity index (χ2n) is 3.46. The van der Waals surface area contributed by atoms with Crippen molar-refractivity contribution in [2.24, 2.45) is 0 Å². The lowest BCUT2D eigenvalue weighted by atomic mass is 10.3. The van der Waals surface area contributed by atoms with Crippen LogP contribution >= 0.6 is 0 Å². The van der Waals surface area contributed by atoms with Crippen molar-refractivity contribution in [2.75, 3.05) is 19.8 Å². The third kappa shape index (κ3) is 11.5. The summed E-state index contributed by atoms with van der Waals surface area (Å²) in [4.78, 5) is 0. The molecule has 0 saturated carbocycles. The molecule has 0 unspecified atom stereocenters. The second-order valence-corrected chi connectivity index (χ2v) is 6.34. The van der Waals surface area contributed by atoms with E-state index in [1.807, 2.05) is 0 Å². The molecule has 0 radical (unpaired) electrons. The van der Waals surface area contributed by atoms with Crippen molar-refractivity contribution >= 4 is 8.80 Å². The van der Waals surface area contributed by atoms with Crippen LogP contribution in [0.3, 0.4) is 0 Å². The van der Waals surface area contributed by atoms with Crippen LogP contribution in [-0.2, 0) is 9.47 Å². The molecule has 0 heterocycles. The Morgan fingerprint density at radius 2 is 2.00 bits per heavy atom. The van der Waals surface area contributed by atoms with Gasteiger partial charge in [-0.2, -0.15) is 0 Å². The highest BCUT2D eigenvalue weighted by atomic mass is 28.3. The fourth-order valence-corrected chi connectivity index (χ4v) is 1.70. The van der Waals surface area contributed by atoms with E-state index in [-0.39, 0.29) is 0 Å². The van der Waals surface area contributed by atoms with Crippen LogP contribution in [0, 0.1) is 0 Å². The molecule has 0 spiro atoms. The minimum absolute atomic E-state index is 0.497. The molecule has 2 nitrogen and oxygen atoms in total. The monoisotopic (exact) mass is 214 g/mol. The Morgan fingerprint density at radius 1 is 1.21 bits per heavy atom. The lowest BCUT2D eigenvalue weighted by Crippen LogP contribution is -2.02. The van der Waals surface area contributed by atoms with E-state index in [1.54, 1.807) is 0 Å². The maximum Gasteiger partial charge on any atom is 0.111 e. The van der Waals surface area contributed by atoms with E-state index in [4.69, 9.17) is 9.47 Å². The highest BCUT2D eigenvalue weighted by Gasteiger charge is 1.88. The summed E-state index contributed by atoms with van der Waals surface area (Å²) in [6.07, 6.45) is 5.96. The first-order valence-corrected chi connectivity index (χ1v) is 8.22. The molecule has 82 valence electrons. The third-order valence-electron chi connectivity index (χ3n) is 1.64. The number of unbranched alkanes of at least 4 members (excludes halogenated alkanes) is 1. The fraction of sp³-hybridized carbons (Fsp3) is 0.636. The molecule has 0 aromatic heterocycles. The van der Waals surface area contributed by atoms with Crippen LogP contribution in [0.2, 0.25) is 13.1 Å². The molecule has 0 aliphatic carbocycles. The van der Waals surface area contributed by atoms with Gasteiger partial charge in [0.2, 0.25) is 0 Å². The van der Waals surface area contributed by atoms with Crippen molar-refractivity contribution in [3.63, 3.8) is 0 Å². The van der Waals surface area contributed by atoms with Gasteiger partial charge in [0.15, 0.2) is 0 Å². The minimum atomic E-state index is -0.497. The van der Waals surface area contributed by atoms with Crippen LogP contribution in [0.1, 0.15) is 12.8 Å². The maximum atomic E-state index is 5.35. The lowest BCUT2D eigenvalue weighted by molar-refractivity contribution is 0.0841. The Hall–Kier alpha value is -0.543. The Balaban J connectivity index is 3.02. The summed E-state index contributed by atoms with van der Waals surface area (Å²) in [6, 6.07) is 0. The molecule has 0 saturated heterocycles. The number of hydrogen-bond donors (Lipinski definition) is 0. The average Bonchev–Trinajstić information content (AvgIpc) is 2.15. The maximum absolute atomic E-state index is 5.35. The summed E-state index contributed by atoms with van der Waals surface area (Å²) in [5, 5.41) is 0. The zero-order valence-corrected chi connectivity index (χ0v) is 10.5. The van der Waals surface area contributed by atoms with Gasteiger partial charge < -0.3 is 9.47 Å². The molecule has 14 heavy (non-hydrogen) atoms. The summed E-state index contributed by atoms with van der Waals surface area (Å²) in [5.41, 5.74) is 2.36. The van der Waals surface area contributed by atoms with E-state index in [2.05, 4.69) is 31.4 Å². The van der Waals surface area contributed by atoms with Crippen LogP contribution < -0.4 is 0 Å². The predicted molar refractivity (Wildman–Crippen MR) is 64.2 cm³/mol. The van der Waals surface area contributed by atoms with Crippen molar-refractivity contribution in [2.45, 2.75) is 25.9 Å². The van der Waals surface area contributed by atoms with Gasteiger partial charge in [-0.3, -0.25) is 0 Å². The van der Waals surface area contributed by atoms with E-state index in [0.717, 1.165) is 19.4 Å². The Kier molecular flexibility index (Phi) is 10.1. The van der Waals surface area contributed by atoms with E-state index in [1.165, 1.54) is 6.26 Å². The van der Waals surface area contributed by atoms with E-state index < -0.39 is 8.80 Å². The number of allylic oxidation sites excluding steroid dienone is 1.